The number of primary amides is 1. The molecule has 8 heteroatoms. The van der Waals surface area contributed by atoms with Crippen molar-refractivity contribution in [3.05, 3.63) is 17.0 Å². The topological polar surface area (TPSA) is 122 Å². The Hall–Kier alpha value is -2.09. The second-order valence-corrected chi connectivity index (χ2v) is 5.56. The normalized spacial score (nSPS) is 11.9. The minimum Gasteiger partial charge on any atom is -0.478 e. The monoisotopic (exact) mass is 299 g/mol. The number of aromatic carboxylic acids is 1. The van der Waals surface area contributed by atoms with E-state index in [9.17, 15) is 14.4 Å². The van der Waals surface area contributed by atoms with Gasteiger partial charge in [0.15, 0.2) is 0 Å². The van der Waals surface area contributed by atoms with E-state index in [4.69, 9.17) is 10.8 Å². The van der Waals surface area contributed by atoms with Crippen LogP contribution in [0.4, 0.5) is 9.80 Å². The molecule has 3 amide bonds. The van der Waals surface area contributed by atoms with Crippen LogP contribution in [0.5, 0.6) is 0 Å². The fraction of sp³-hybridized carbons (Fsp3) is 0.417. The largest absolute Gasteiger partial charge is 0.478 e. The lowest BCUT2D eigenvalue weighted by Gasteiger charge is -2.18. The molecule has 0 saturated carbocycles. The van der Waals surface area contributed by atoms with Gasteiger partial charge >= 0.3 is 12.0 Å². The molecule has 0 saturated heterocycles. The summed E-state index contributed by atoms with van der Waals surface area (Å²) >= 11 is 1.10. The molecule has 1 aromatic heterocycles. The molecule has 1 rings (SSSR count). The molecule has 1 aromatic rings. The number of hydrogen-bond acceptors (Lipinski definition) is 4. The standard InChI is InChI=1S/C12H17N3O4S/c1-6(2)5-8(14-12(13)19)9(16)15-10-7(11(17)18)3-4-20-10/h3-4,6,8H,5H2,1-2H3,(H,15,16)(H,17,18)(H3,13,14,19). The van der Waals surface area contributed by atoms with E-state index in [0.29, 0.717) is 6.42 Å². The predicted octanol–water partition coefficient (Wildman–Crippen LogP) is 1.47. The van der Waals surface area contributed by atoms with Gasteiger partial charge in [-0.05, 0) is 23.8 Å². The third-order valence-corrected chi connectivity index (χ3v) is 3.30. The van der Waals surface area contributed by atoms with E-state index in [-0.39, 0.29) is 16.5 Å². The molecule has 0 bridgehead atoms. The Balaban J connectivity index is 2.81. The van der Waals surface area contributed by atoms with Crippen LogP contribution in [0, 0.1) is 5.92 Å². The Labute approximate surface area is 120 Å². The molecule has 0 radical (unpaired) electrons. The average Bonchev–Trinajstić information content (AvgIpc) is 2.74. The van der Waals surface area contributed by atoms with Crippen molar-refractivity contribution in [1.29, 1.82) is 0 Å². The average molecular weight is 299 g/mol. The van der Waals surface area contributed by atoms with Crippen LogP contribution in [0.1, 0.15) is 30.6 Å². The zero-order chi connectivity index (χ0) is 15.3. The van der Waals surface area contributed by atoms with Crippen LogP contribution >= 0.6 is 11.3 Å². The summed E-state index contributed by atoms with van der Waals surface area (Å²) in [5.74, 6) is -1.44. The van der Waals surface area contributed by atoms with Crippen LogP contribution in [-0.4, -0.2) is 29.1 Å². The Bertz CT molecular complexity index is 513. The minimum absolute atomic E-state index is 0.0192. The van der Waals surface area contributed by atoms with Gasteiger partial charge in [-0.2, -0.15) is 0 Å². The number of nitrogens with one attached hydrogen (secondary N) is 2. The summed E-state index contributed by atoms with van der Waals surface area (Å²) in [5, 5.41) is 15.6. The molecule has 0 aliphatic carbocycles. The number of rotatable bonds is 6. The summed E-state index contributed by atoms with van der Waals surface area (Å²) < 4.78 is 0. The second kappa shape index (κ2) is 6.90. The van der Waals surface area contributed by atoms with Gasteiger partial charge < -0.3 is 21.5 Å². The maximum atomic E-state index is 12.1. The van der Waals surface area contributed by atoms with Crippen LogP contribution in [0.25, 0.3) is 0 Å². The minimum atomic E-state index is -1.12. The first-order chi connectivity index (χ1) is 9.31. The first kappa shape index (κ1) is 16.0. The van der Waals surface area contributed by atoms with Crippen LogP contribution in [0.3, 0.4) is 0 Å². The van der Waals surface area contributed by atoms with Gasteiger partial charge in [0.2, 0.25) is 5.91 Å². The summed E-state index contributed by atoms with van der Waals surface area (Å²) in [6.07, 6.45) is 0.405. The van der Waals surface area contributed by atoms with Crippen molar-refractivity contribution in [3.63, 3.8) is 0 Å². The maximum absolute atomic E-state index is 12.1. The van der Waals surface area contributed by atoms with Crippen LogP contribution in [0.2, 0.25) is 0 Å². The van der Waals surface area contributed by atoms with Crippen molar-refractivity contribution in [2.24, 2.45) is 11.7 Å². The van der Waals surface area contributed by atoms with E-state index in [1.165, 1.54) is 6.07 Å². The van der Waals surface area contributed by atoms with Gasteiger partial charge in [-0.15, -0.1) is 11.3 Å². The van der Waals surface area contributed by atoms with Crippen LogP contribution in [-0.2, 0) is 4.79 Å². The van der Waals surface area contributed by atoms with Gasteiger partial charge in [-0.3, -0.25) is 4.79 Å². The molecule has 5 N–H and O–H groups in total. The molecule has 0 aliphatic heterocycles. The zero-order valence-corrected chi connectivity index (χ0v) is 12.0. The molecule has 7 nitrogen and oxygen atoms in total. The number of thiophene rings is 1. The molecular formula is C12H17N3O4S. The third-order valence-electron chi connectivity index (χ3n) is 2.47. The van der Waals surface area contributed by atoms with Gasteiger partial charge in [0, 0.05) is 0 Å². The molecule has 1 atom stereocenters. The highest BCUT2D eigenvalue weighted by Gasteiger charge is 2.23. The summed E-state index contributed by atoms with van der Waals surface area (Å²) in [6, 6.07) is -0.187. The van der Waals surface area contributed by atoms with Crippen LogP contribution < -0.4 is 16.4 Å². The second-order valence-electron chi connectivity index (χ2n) is 4.65. The molecular weight excluding hydrogens is 282 g/mol. The lowest BCUT2D eigenvalue weighted by molar-refractivity contribution is -0.118. The fourth-order valence-electron chi connectivity index (χ4n) is 1.65. The number of carbonyl (C=O) groups excluding carboxylic acids is 2. The van der Waals surface area contributed by atoms with Crippen molar-refractivity contribution in [1.82, 2.24) is 5.32 Å². The van der Waals surface area contributed by atoms with E-state index < -0.39 is 23.9 Å². The van der Waals surface area contributed by atoms with Gasteiger partial charge in [0.25, 0.3) is 0 Å². The van der Waals surface area contributed by atoms with Gasteiger partial charge in [0.05, 0.1) is 5.56 Å². The number of carboxylic acid groups (broad SMARTS) is 1. The molecule has 20 heavy (non-hydrogen) atoms. The van der Waals surface area contributed by atoms with Crippen LogP contribution in [0.15, 0.2) is 11.4 Å². The first-order valence-electron chi connectivity index (χ1n) is 5.99. The number of amides is 3. The zero-order valence-electron chi connectivity index (χ0n) is 11.2. The van der Waals surface area contributed by atoms with Gasteiger partial charge in [0.1, 0.15) is 11.0 Å². The SMILES string of the molecule is CC(C)CC(NC(N)=O)C(=O)Nc1sccc1C(=O)O. The van der Waals surface area contributed by atoms with E-state index in [1.807, 2.05) is 13.8 Å². The van der Waals surface area contributed by atoms with Crippen molar-refractivity contribution in [2.45, 2.75) is 26.3 Å². The summed E-state index contributed by atoms with van der Waals surface area (Å²) in [6.45, 7) is 3.80. The fourth-order valence-corrected chi connectivity index (χ4v) is 2.43. The third kappa shape index (κ3) is 4.54. The summed E-state index contributed by atoms with van der Waals surface area (Å²) in [7, 11) is 0. The highest BCUT2D eigenvalue weighted by Crippen LogP contribution is 2.23. The smallest absolute Gasteiger partial charge is 0.338 e. The van der Waals surface area contributed by atoms with E-state index in [2.05, 4.69) is 10.6 Å². The summed E-state index contributed by atoms with van der Waals surface area (Å²) in [5.41, 5.74) is 5.06. The number of anilines is 1. The number of hydrogen-bond donors (Lipinski definition) is 4. The molecule has 1 heterocycles. The molecule has 110 valence electrons. The highest BCUT2D eigenvalue weighted by atomic mass is 32.1. The Morgan fingerprint density at radius 3 is 2.55 bits per heavy atom. The Morgan fingerprint density at radius 1 is 1.40 bits per heavy atom. The lowest BCUT2D eigenvalue weighted by atomic mass is 10.0. The molecule has 0 spiro atoms. The first-order valence-corrected chi connectivity index (χ1v) is 6.86. The summed E-state index contributed by atoms with van der Waals surface area (Å²) in [4.78, 5) is 34.0. The quantitative estimate of drug-likeness (QED) is 0.635. The van der Waals surface area contributed by atoms with E-state index >= 15 is 0 Å². The number of carbonyl (C=O) groups is 3. The lowest BCUT2D eigenvalue weighted by Crippen LogP contribution is -2.46. The molecule has 0 fully saturated rings. The maximum Gasteiger partial charge on any atom is 0.338 e. The molecule has 1 unspecified atom stereocenters. The molecule has 0 aromatic carbocycles. The number of urea groups is 1. The molecule has 0 aliphatic rings. The van der Waals surface area contributed by atoms with Crippen molar-refractivity contribution < 1.29 is 19.5 Å². The number of carboxylic acids is 1. The van der Waals surface area contributed by atoms with Gasteiger partial charge in [-0.1, -0.05) is 13.8 Å². The highest BCUT2D eigenvalue weighted by molar-refractivity contribution is 7.14. The van der Waals surface area contributed by atoms with Gasteiger partial charge in [-0.25, -0.2) is 9.59 Å². The number of nitrogens with two attached hydrogens (primary N) is 1. The predicted molar refractivity (Wildman–Crippen MR) is 75.9 cm³/mol. The van der Waals surface area contributed by atoms with E-state index in [1.54, 1.807) is 5.38 Å². The van der Waals surface area contributed by atoms with Crippen molar-refractivity contribution in [2.75, 3.05) is 5.32 Å². The van der Waals surface area contributed by atoms with Crippen molar-refractivity contribution >= 4 is 34.2 Å². The Kier molecular flexibility index (Phi) is 5.51. The Morgan fingerprint density at radius 2 is 2.05 bits per heavy atom. The van der Waals surface area contributed by atoms with E-state index in [0.717, 1.165) is 11.3 Å². The van der Waals surface area contributed by atoms with Crippen molar-refractivity contribution in [3.8, 4) is 0 Å².